The second-order valence-electron chi connectivity index (χ2n) is 9.41. The minimum atomic E-state index is 0.0714. The lowest BCUT2D eigenvalue weighted by Crippen LogP contribution is -2.47. The smallest absolute Gasteiger partial charge is 0.287 e. The monoisotopic (exact) mass is 498 g/mol. The largest absolute Gasteiger partial charge is 0.398 e. The maximum absolute atomic E-state index is 13.3. The lowest BCUT2D eigenvalue weighted by atomic mass is 9.86. The third kappa shape index (κ3) is 4.47. The van der Waals surface area contributed by atoms with E-state index >= 15 is 0 Å². The van der Waals surface area contributed by atoms with Crippen LogP contribution < -0.4 is 21.2 Å². The highest BCUT2D eigenvalue weighted by Gasteiger charge is 2.34. The van der Waals surface area contributed by atoms with Crippen LogP contribution in [0.2, 0.25) is 0 Å². The van der Waals surface area contributed by atoms with E-state index in [1.807, 2.05) is 18.2 Å². The first-order chi connectivity index (χ1) is 16.4. The van der Waals surface area contributed by atoms with Crippen molar-refractivity contribution in [2.75, 3.05) is 38.2 Å². The van der Waals surface area contributed by atoms with Gasteiger partial charge in [-0.2, -0.15) is 0 Å². The molecule has 180 valence electrons. The van der Waals surface area contributed by atoms with Crippen molar-refractivity contribution in [1.82, 2.24) is 14.8 Å². The van der Waals surface area contributed by atoms with Crippen LogP contribution in [0.1, 0.15) is 29.7 Å². The summed E-state index contributed by atoms with van der Waals surface area (Å²) in [6, 6.07) is 6.31. The molecule has 0 bridgehead atoms. The number of carbonyl (C=O) groups excluding carboxylic acids is 1. The first-order valence-electron chi connectivity index (χ1n) is 11.7. The molecule has 1 aliphatic heterocycles. The molecule has 2 aliphatic rings. The number of H-pyrrole nitrogens is 1. The van der Waals surface area contributed by atoms with Gasteiger partial charge in [0.15, 0.2) is 4.83 Å². The molecule has 1 aliphatic carbocycles. The second kappa shape index (κ2) is 9.69. The van der Waals surface area contributed by atoms with Crippen molar-refractivity contribution < 1.29 is 9.78 Å². The number of piperidine rings is 1. The Labute approximate surface area is 208 Å². The molecule has 3 aromatic rings. The number of hydrogen-bond acceptors (Lipinski definition) is 8. The molecular formula is C24H32N7OS2+. The van der Waals surface area contributed by atoms with Crippen LogP contribution >= 0.6 is 23.3 Å². The van der Waals surface area contributed by atoms with Crippen molar-refractivity contribution in [3.63, 3.8) is 0 Å². The van der Waals surface area contributed by atoms with Crippen molar-refractivity contribution in [2.24, 2.45) is 11.1 Å². The summed E-state index contributed by atoms with van der Waals surface area (Å²) in [5, 5.41) is 10.3. The lowest BCUT2D eigenvalue weighted by Gasteiger charge is -2.37. The Morgan fingerprint density at radius 1 is 1.29 bits per heavy atom. The van der Waals surface area contributed by atoms with E-state index in [1.54, 1.807) is 17.7 Å². The zero-order valence-electron chi connectivity index (χ0n) is 19.6. The van der Waals surface area contributed by atoms with E-state index in [0.717, 1.165) is 83.8 Å². The number of nitrogens with two attached hydrogens (primary N) is 2. The van der Waals surface area contributed by atoms with Crippen molar-refractivity contribution >= 4 is 56.6 Å². The van der Waals surface area contributed by atoms with E-state index in [0.29, 0.717) is 17.6 Å². The Balaban J connectivity index is 1.35. The summed E-state index contributed by atoms with van der Waals surface area (Å²) in [5.74, 6) is 1.22. The second-order valence-corrected chi connectivity index (χ2v) is 11.2. The summed E-state index contributed by atoms with van der Waals surface area (Å²) in [6.45, 7) is 1.74. The first-order valence-corrected chi connectivity index (χ1v) is 13.4. The fraction of sp³-hybridized carbons (Fsp3) is 0.458. The summed E-state index contributed by atoms with van der Waals surface area (Å²) in [6.07, 6.45) is 6.43. The third-order valence-corrected chi connectivity index (χ3v) is 8.94. The summed E-state index contributed by atoms with van der Waals surface area (Å²) in [5.41, 5.74) is 8.86. The van der Waals surface area contributed by atoms with E-state index in [1.165, 1.54) is 10.4 Å². The van der Waals surface area contributed by atoms with Crippen molar-refractivity contribution in [2.45, 2.75) is 43.0 Å². The quantitative estimate of drug-likeness (QED) is 0.366. The van der Waals surface area contributed by atoms with Gasteiger partial charge in [-0.15, -0.1) is 0 Å². The Hall–Kier alpha value is -2.40. The zero-order chi connectivity index (χ0) is 23.8. The van der Waals surface area contributed by atoms with Gasteiger partial charge in [-0.3, -0.25) is 9.93 Å². The van der Waals surface area contributed by atoms with Crippen molar-refractivity contribution in [3.05, 3.63) is 35.0 Å². The van der Waals surface area contributed by atoms with Gasteiger partial charge in [0, 0.05) is 46.2 Å². The van der Waals surface area contributed by atoms with Crippen LogP contribution in [0.5, 0.6) is 0 Å². The minimum Gasteiger partial charge on any atom is -0.398 e. The van der Waals surface area contributed by atoms with Crippen molar-refractivity contribution in [3.8, 4) is 0 Å². The molecule has 1 fully saturated rings. The molecule has 2 aromatic heterocycles. The number of hydrogen-bond donors (Lipinski definition) is 3. The minimum absolute atomic E-state index is 0.0714. The normalized spacial score (nSPS) is 18.9. The van der Waals surface area contributed by atoms with Crippen LogP contribution in [-0.4, -0.2) is 53.9 Å². The standard InChI is InChI=1S/C24H31N7OS2/c1-30(2)16-7-9-31(10-8-16)24(32)14-3-5-17-19(11-14)33-23-21(17)22(27-13-28-23)29-15-4-6-18(25)20(12-15)34-26/h4,6,12-14,16H,3,5,7-11,25-26H2,1-2H3,(H,27,28,29)/p+1. The number of amides is 1. The van der Waals surface area contributed by atoms with Crippen molar-refractivity contribution in [1.29, 1.82) is 0 Å². The van der Waals surface area contributed by atoms with Crippen LogP contribution in [0, 0.1) is 5.92 Å². The van der Waals surface area contributed by atoms with E-state index in [9.17, 15) is 4.79 Å². The Bertz CT molecular complexity index is 1200. The average Bonchev–Trinajstić information content (AvgIpc) is 3.23. The van der Waals surface area contributed by atoms with Crippen LogP contribution in [-0.2, 0) is 17.6 Å². The van der Waals surface area contributed by atoms with Crippen LogP contribution in [0.3, 0.4) is 0 Å². The van der Waals surface area contributed by atoms with Gasteiger partial charge in [-0.25, -0.2) is 4.98 Å². The predicted molar refractivity (Wildman–Crippen MR) is 139 cm³/mol. The molecule has 1 unspecified atom stereocenters. The maximum Gasteiger partial charge on any atom is 0.287 e. The van der Waals surface area contributed by atoms with Crippen LogP contribution in [0.4, 0.5) is 17.2 Å². The zero-order valence-corrected chi connectivity index (χ0v) is 21.3. The topological polar surface area (TPSA) is 115 Å². The number of nitrogens with one attached hydrogen (secondary N) is 2. The number of likely N-dealkylation sites (tertiary alicyclic amines) is 1. The Kier molecular flexibility index (Phi) is 6.65. The molecule has 1 amide bonds. The maximum atomic E-state index is 13.3. The number of fused-ring (bicyclic) bond motifs is 3. The van der Waals surface area contributed by atoms with E-state index in [4.69, 9.17) is 10.9 Å². The molecule has 34 heavy (non-hydrogen) atoms. The van der Waals surface area contributed by atoms with Gasteiger partial charge >= 0.3 is 0 Å². The molecule has 6 N–H and O–H groups in total. The van der Waals surface area contributed by atoms with E-state index < -0.39 is 0 Å². The molecule has 8 nitrogen and oxygen atoms in total. The van der Waals surface area contributed by atoms with E-state index in [2.05, 4.69) is 39.2 Å². The van der Waals surface area contributed by atoms with Crippen LogP contribution in [0.25, 0.3) is 10.2 Å². The van der Waals surface area contributed by atoms with Gasteiger partial charge in [-0.05, 0) is 86.9 Å². The molecule has 1 saturated heterocycles. The number of aryl methyl sites for hydroxylation is 1. The predicted octanol–water partition coefficient (Wildman–Crippen LogP) is 3.06. The number of nitrogens with zero attached hydrogens (tertiary/aromatic N) is 3. The molecule has 10 heteroatoms. The molecule has 0 spiro atoms. The number of nitrogen functional groups attached to an aromatic ring is 1. The molecule has 5 rings (SSSR count). The Morgan fingerprint density at radius 2 is 2.09 bits per heavy atom. The molecule has 3 heterocycles. The molecule has 1 atom stereocenters. The number of thiophene rings is 1. The van der Waals surface area contributed by atoms with Gasteiger partial charge in [0.2, 0.25) is 5.91 Å². The number of carbonyl (C=O) groups is 1. The van der Waals surface area contributed by atoms with Gasteiger partial charge in [-0.1, -0.05) is 11.3 Å². The number of rotatable bonds is 5. The third-order valence-electron chi connectivity index (χ3n) is 7.15. The summed E-state index contributed by atoms with van der Waals surface area (Å²) < 4.78 is 0. The van der Waals surface area contributed by atoms with Gasteiger partial charge in [0.1, 0.15) is 5.39 Å². The Morgan fingerprint density at radius 3 is 2.82 bits per heavy atom. The van der Waals surface area contributed by atoms with Gasteiger partial charge in [0.25, 0.3) is 12.1 Å². The van der Waals surface area contributed by atoms with E-state index in [-0.39, 0.29) is 5.92 Å². The SMILES string of the molecule is CN(C)C1CCN(C(=O)C2CCc3c(sc4[nH+]cnc(Nc5ccc(N)c(SN)c5)c34)C2)CC1. The van der Waals surface area contributed by atoms with Gasteiger partial charge < -0.3 is 20.9 Å². The summed E-state index contributed by atoms with van der Waals surface area (Å²) in [7, 11) is 4.26. The summed E-state index contributed by atoms with van der Waals surface area (Å²) in [4.78, 5) is 28.8. The molecular weight excluding hydrogens is 466 g/mol. The average molecular weight is 499 g/mol. The molecule has 0 radical (unpaired) electrons. The molecule has 1 aromatic carbocycles. The highest BCUT2D eigenvalue weighted by Crippen LogP contribution is 2.40. The van der Waals surface area contributed by atoms with Gasteiger partial charge in [0.05, 0.1) is 0 Å². The number of aromatic amines is 1. The first kappa shape index (κ1) is 23.3. The number of aromatic nitrogens is 2. The fourth-order valence-corrected chi connectivity index (χ4v) is 6.87. The highest BCUT2D eigenvalue weighted by molar-refractivity contribution is 7.97. The van der Waals surface area contributed by atoms with Crippen LogP contribution in [0.15, 0.2) is 29.4 Å². The highest BCUT2D eigenvalue weighted by atomic mass is 32.2. The summed E-state index contributed by atoms with van der Waals surface area (Å²) >= 11 is 2.89. The number of benzene rings is 1. The fourth-order valence-electron chi connectivity index (χ4n) is 5.18. The lowest BCUT2D eigenvalue weighted by molar-refractivity contribution is -0.346. The number of anilines is 3. The molecule has 0 saturated carbocycles.